The normalized spacial score (nSPS) is 27.8. The summed E-state index contributed by atoms with van der Waals surface area (Å²) in [6.07, 6.45) is 2.72. The van der Waals surface area contributed by atoms with Gasteiger partial charge in [-0.2, -0.15) is 10.2 Å². The van der Waals surface area contributed by atoms with Crippen molar-refractivity contribution >= 4 is 0 Å². The molecule has 0 bridgehead atoms. The van der Waals surface area contributed by atoms with Gasteiger partial charge >= 0.3 is 0 Å². The molecule has 1 saturated heterocycles. The van der Waals surface area contributed by atoms with Gasteiger partial charge in [0.2, 0.25) is 5.66 Å². The lowest BCUT2D eigenvalue weighted by atomic mass is 10.1. The second-order valence-corrected chi connectivity index (χ2v) is 4.23. The van der Waals surface area contributed by atoms with Crippen LogP contribution in [0.1, 0.15) is 19.8 Å². The zero-order valence-electron chi connectivity index (χ0n) is 8.36. The van der Waals surface area contributed by atoms with Crippen LogP contribution in [0.5, 0.6) is 0 Å². The summed E-state index contributed by atoms with van der Waals surface area (Å²) in [7, 11) is 2.16. The third-order valence-electron chi connectivity index (χ3n) is 2.70. The average molecular weight is 183 g/mol. The zero-order chi connectivity index (χ0) is 9.31. The standard InChI is InChI=1S/C9H17N3O/c1-9(10-11-9)7-13-8-3-5-12(2)6-4-8/h8H,3-7H2,1-2H3. The molecular weight excluding hydrogens is 166 g/mol. The van der Waals surface area contributed by atoms with Crippen LogP contribution >= 0.6 is 0 Å². The summed E-state index contributed by atoms with van der Waals surface area (Å²) in [5.74, 6) is 0. The zero-order valence-corrected chi connectivity index (χ0v) is 8.36. The predicted molar refractivity (Wildman–Crippen MR) is 49.7 cm³/mol. The molecule has 4 heteroatoms. The molecule has 0 saturated carbocycles. The van der Waals surface area contributed by atoms with Gasteiger partial charge in [0, 0.05) is 13.1 Å². The molecule has 0 amide bonds. The quantitative estimate of drug-likeness (QED) is 0.661. The van der Waals surface area contributed by atoms with Gasteiger partial charge in [-0.3, -0.25) is 0 Å². The number of piperidine rings is 1. The predicted octanol–water partition coefficient (Wildman–Crippen LogP) is 1.28. The number of rotatable bonds is 3. The summed E-state index contributed by atoms with van der Waals surface area (Å²) in [6.45, 7) is 4.97. The van der Waals surface area contributed by atoms with Crippen LogP contribution in [-0.2, 0) is 4.74 Å². The van der Waals surface area contributed by atoms with Crippen LogP contribution in [0.3, 0.4) is 0 Å². The molecule has 0 aromatic heterocycles. The molecule has 2 rings (SSSR count). The molecule has 2 aliphatic rings. The molecule has 0 radical (unpaired) electrons. The maximum absolute atomic E-state index is 5.74. The Hall–Kier alpha value is -0.480. The smallest absolute Gasteiger partial charge is 0.211 e. The van der Waals surface area contributed by atoms with Crippen molar-refractivity contribution < 1.29 is 4.74 Å². The van der Waals surface area contributed by atoms with Crippen molar-refractivity contribution in [1.29, 1.82) is 0 Å². The number of hydrogen-bond donors (Lipinski definition) is 0. The average Bonchev–Trinajstić information content (AvgIpc) is 2.84. The van der Waals surface area contributed by atoms with Crippen molar-refractivity contribution in [3.05, 3.63) is 0 Å². The van der Waals surface area contributed by atoms with Crippen LogP contribution < -0.4 is 0 Å². The highest BCUT2D eigenvalue weighted by Gasteiger charge is 2.35. The van der Waals surface area contributed by atoms with Gasteiger partial charge in [0.05, 0.1) is 12.7 Å². The third-order valence-corrected chi connectivity index (χ3v) is 2.70. The van der Waals surface area contributed by atoms with E-state index in [4.69, 9.17) is 4.74 Å². The molecule has 0 atom stereocenters. The highest BCUT2D eigenvalue weighted by molar-refractivity contribution is 4.88. The molecule has 0 aromatic rings. The SMILES string of the molecule is CN1CCC(OCC2(C)N=N2)CC1. The summed E-state index contributed by atoms with van der Waals surface area (Å²) in [4.78, 5) is 2.34. The first kappa shape index (κ1) is 9.09. The number of likely N-dealkylation sites (tertiary alicyclic amines) is 1. The van der Waals surface area contributed by atoms with Crippen molar-refractivity contribution in [1.82, 2.24) is 4.90 Å². The Balaban J connectivity index is 1.65. The van der Waals surface area contributed by atoms with Crippen molar-refractivity contribution in [3.63, 3.8) is 0 Å². The molecule has 13 heavy (non-hydrogen) atoms. The first-order chi connectivity index (χ1) is 6.18. The summed E-state index contributed by atoms with van der Waals surface area (Å²) >= 11 is 0. The maximum Gasteiger partial charge on any atom is 0.211 e. The fraction of sp³-hybridized carbons (Fsp3) is 1.00. The highest BCUT2D eigenvalue weighted by Crippen LogP contribution is 2.28. The topological polar surface area (TPSA) is 37.2 Å². The van der Waals surface area contributed by atoms with Crippen LogP contribution in [0.2, 0.25) is 0 Å². The van der Waals surface area contributed by atoms with Crippen LogP contribution in [-0.4, -0.2) is 43.4 Å². The second-order valence-electron chi connectivity index (χ2n) is 4.23. The van der Waals surface area contributed by atoms with E-state index in [0.29, 0.717) is 12.7 Å². The lowest BCUT2D eigenvalue weighted by Crippen LogP contribution is -2.35. The van der Waals surface area contributed by atoms with Crippen molar-refractivity contribution in [2.45, 2.75) is 31.5 Å². The first-order valence-electron chi connectivity index (χ1n) is 4.92. The van der Waals surface area contributed by atoms with Gasteiger partial charge in [0.25, 0.3) is 0 Å². The third kappa shape index (κ3) is 2.48. The molecule has 74 valence electrons. The maximum atomic E-state index is 5.74. The van der Waals surface area contributed by atoms with E-state index in [0.717, 1.165) is 25.9 Å². The number of nitrogens with zero attached hydrogens (tertiary/aromatic N) is 3. The van der Waals surface area contributed by atoms with E-state index in [1.165, 1.54) is 0 Å². The Bertz CT molecular complexity index is 203. The highest BCUT2D eigenvalue weighted by atomic mass is 16.5. The summed E-state index contributed by atoms with van der Waals surface area (Å²) < 4.78 is 5.74. The van der Waals surface area contributed by atoms with Crippen molar-refractivity contribution in [2.75, 3.05) is 26.7 Å². The van der Waals surface area contributed by atoms with Crippen LogP contribution in [0.4, 0.5) is 0 Å². The number of hydrogen-bond acceptors (Lipinski definition) is 4. The Morgan fingerprint density at radius 1 is 1.38 bits per heavy atom. The molecule has 4 nitrogen and oxygen atoms in total. The van der Waals surface area contributed by atoms with Gasteiger partial charge in [0.15, 0.2) is 0 Å². The van der Waals surface area contributed by atoms with Crippen molar-refractivity contribution in [2.24, 2.45) is 10.2 Å². The minimum atomic E-state index is -0.191. The van der Waals surface area contributed by atoms with E-state index >= 15 is 0 Å². The van der Waals surface area contributed by atoms with Gasteiger partial charge in [-0.05, 0) is 26.8 Å². The summed E-state index contributed by atoms with van der Waals surface area (Å²) in [5.41, 5.74) is -0.191. The van der Waals surface area contributed by atoms with Gasteiger partial charge in [0.1, 0.15) is 0 Å². The fourth-order valence-electron chi connectivity index (χ4n) is 1.57. The van der Waals surface area contributed by atoms with E-state index in [2.05, 4.69) is 22.2 Å². The molecule has 0 unspecified atom stereocenters. The molecular formula is C9H17N3O. The molecule has 0 spiro atoms. The Labute approximate surface area is 79.0 Å². The lowest BCUT2D eigenvalue weighted by Gasteiger charge is -2.29. The second kappa shape index (κ2) is 3.35. The molecule has 0 N–H and O–H groups in total. The Kier molecular flexibility index (Phi) is 2.34. The van der Waals surface area contributed by atoms with Gasteiger partial charge in [-0.15, -0.1) is 0 Å². The van der Waals surface area contributed by atoms with Crippen molar-refractivity contribution in [3.8, 4) is 0 Å². The Morgan fingerprint density at radius 3 is 2.54 bits per heavy atom. The van der Waals surface area contributed by atoms with Gasteiger partial charge < -0.3 is 9.64 Å². The molecule has 2 heterocycles. The van der Waals surface area contributed by atoms with Crippen LogP contribution in [0.25, 0.3) is 0 Å². The molecule has 2 aliphatic heterocycles. The monoisotopic (exact) mass is 183 g/mol. The molecule has 0 aromatic carbocycles. The minimum Gasteiger partial charge on any atom is -0.373 e. The minimum absolute atomic E-state index is 0.191. The van der Waals surface area contributed by atoms with Gasteiger partial charge in [-0.25, -0.2) is 0 Å². The van der Waals surface area contributed by atoms with E-state index in [9.17, 15) is 0 Å². The largest absolute Gasteiger partial charge is 0.373 e. The van der Waals surface area contributed by atoms with E-state index in [1.807, 2.05) is 6.92 Å². The lowest BCUT2D eigenvalue weighted by molar-refractivity contribution is 0.00200. The summed E-state index contributed by atoms with van der Waals surface area (Å²) in [5, 5.41) is 7.85. The number of ether oxygens (including phenoxy) is 1. The Morgan fingerprint density at radius 2 is 2.00 bits per heavy atom. The fourth-order valence-corrected chi connectivity index (χ4v) is 1.57. The molecule has 1 fully saturated rings. The van der Waals surface area contributed by atoms with Crippen LogP contribution in [0.15, 0.2) is 10.2 Å². The van der Waals surface area contributed by atoms with E-state index in [1.54, 1.807) is 0 Å². The molecule has 0 aliphatic carbocycles. The van der Waals surface area contributed by atoms with E-state index < -0.39 is 0 Å². The van der Waals surface area contributed by atoms with E-state index in [-0.39, 0.29) is 5.66 Å². The van der Waals surface area contributed by atoms with Gasteiger partial charge in [-0.1, -0.05) is 0 Å². The first-order valence-corrected chi connectivity index (χ1v) is 4.92. The summed E-state index contributed by atoms with van der Waals surface area (Å²) in [6, 6.07) is 0. The van der Waals surface area contributed by atoms with Crippen LogP contribution in [0, 0.1) is 0 Å².